The van der Waals surface area contributed by atoms with Crippen molar-refractivity contribution in [3.05, 3.63) is 53.7 Å². The number of pyridine rings is 1. The third kappa shape index (κ3) is 2.95. The summed E-state index contributed by atoms with van der Waals surface area (Å²) in [6, 6.07) is 7.24. The molecule has 1 aromatic heterocycles. The Labute approximate surface area is 107 Å². The molecular weight excluding hydrogens is 256 g/mol. The molecule has 0 bridgehead atoms. The van der Waals surface area contributed by atoms with Gasteiger partial charge in [-0.25, -0.2) is 13.8 Å². The van der Waals surface area contributed by atoms with Gasteiger partial charge in [-0.2, -0.15) is 0 Å². The van der Waals surface area contributed by atoms with E-state index in [-0.39, 0.29) is 23.2 Å². The molecule has 19 heavy (non-hydrogen) atoms. The number of ether oxygens (including phenoxy) is 1. The van der Waals surface area contributed by atoms with Crippen molar-refractivity contribution in [2.75, 3.05) is 0 Å². The van der Waals surface area contributed by atoms with Crippen LogP contribution in [-0.2, 0) is 0 Å². The average molecular weight is 265 g/mol. The van der Waals surface area contributed by atoms with Gasteiger partial charge in [0.05, 0.1) is 0 Å². The van der Waals surface area contributed by atoms with Gasteiger partial charge in [0.1, 0.15) is 11.5 Å². The van der Waals surface area contributed by atoms with Crippen LogP contribution in [0.2, 0.25) is 0 Å². The molecule has 0 saturated heterocycles. The molecule has 2 aromatic rings. The zero-order chi connectivity index (χ0) is 13.8. The average Bonchev–Trinajstić information content (AvgIpc) is 2.42. The van der Waals surface area contributed by atoms with Gasteiger partial charge in [0.15, 0.2) is 17.4 Å². The molecule has 0 radical (unpaired) electrons. The first-order chi connectivity index (χ1) is 9.10. The van der Waals surface area contributed by atoms with Gasteiger partial charge in [0.2, 0.25) is 5.88 Å². The van der Waals surface area contributed by atoms with Crippen molar-refractivity contribution in [2.45, 2.75) is 0 Å². The van der Waals surface area contributed by atoms with Gasteiger partial charge in [0.25, 0.3) is 0 Å². The van der Waals surface area contributed by atoms with Gasteiger partial charge in [0, 0.05) is 12.1 Å². The van der Waals surface area contributed by atoms with E-state index in [0.29, 0.717) is 0 Å². The summed E-state index contributed by atoms with van der Waals surface area (Å²) < 4.78 is 31.5. The van der Waals surface area contributed by atoms with Crippen molar-refractivity contribution in [1.29, 1.82) is 0 Å². The van der Waals surface area contributed by atoms with E-state index in [4.69, 9.17) is 15.7 Å². The number of nitrogens with zero attached hydrogens (tertiary/aromatic N) is 2. The van der Waals surface area contributed by atoms with Crippen LogP contribution in [0.5, 0.6) is 11.6 Å². The maximum atomic E-state index is 13.4. The van der Waals surface area contributed by atoms with E-state index in [9.17, 15) is 8.78 Å². The minimum absolute atomic E-state index is 0.00593. The first kappa shape index (κ1) is 12.7. The number of hydrogen-bond acceptors (Lipinski definition) is 4. The second-order valence-electron chi connectivity index (χ2n) is 3.52. The molecule has 3 N–H and O–H groups in total. The predicted molar refractivity (Wildman–Crippen MR) is 63.2 cm³/mol. The van der Waals surface area contributed by atoms with Gasteiger partial charge in [-0.15, -0.1) is 0 Å². The Morgan fingerprint density at radius 1 is 1.26 bits per heavy atom. The highest BCUT2D eigenvalue weighted by molar-refractivity contribution is 5.95. The summed E-state index contributed by atoms with van der Waals surface area (Å²) in [5.41, 5.74) is 5.51. The minimum Gasteiger partial charge on any atom is -0.436 e. The summed E-state index contributed by atoms with van der Waals surface area (Å²) in [7, 11) is 0. The zero-order valence-corrected chi connectivity index (χ0v) is 9.55. The van der Waals surface area contributed by atoms with E-state index in [1.165, 1.54) is 18.2 Å². The Bertz CT molecular complexity index is 632. The van der Waals surface area contributed by atoms with E-state index in [1.807, 2.05) is 0 Å². The Kier molecular flexibility index (Phi) is 3.56. The lowest BCUT2D eigenvalue weighted by molar-refractivity contribution is 0.318. The quantitative estimate of drug-likeness (QED) is 0.386. The fraction of sp³-hybridized carbons (Fsp3) is 0. The number of hydrogen-bond donors (Lipinski definition) is 2. The van der Waals surface area contributed by atoms with E-state index in [0.717, 1.165) is 18.2 Å². The molecule has 2 rings (SSSR count). The molecule has 0 aliphatic rings. The summed E-state index contributed by atoms with van der Waals surface area (Å²) in [5, 5.41) is 11.3. The number of oxime groups is 1. The van der Waals surface area contributed by atoms with Crippen LogP contribution in [-0.4, -0.2) is 16.0 Å². The maximum absolute atomic E-state index is 13.4. The Morgan fingerprint density at radius 2 is 2.05 bits per heavy atom. The second kappa shape index (κ2) is 5.30. The number of nitrogens with two attached hydrogens (primary N) is 1. The Morgan fingerprint density at radius 3 is 2.79 bits per heavy atom. The van der Waals surface area contributed by atoms with Crippen LogP contribution in [0.4, 0.5) is 8.78 Å². The lowest BCUT2D eigenvalue weighted by Gasteiger charge is -2.07. The fourth-order valence-electron chi connectivity index (χ4n) is 1.33. The number of benzene rings is 1. The van der Waals surface area contributed by atoms with Crippen LogP contribution in [0.15, 0.2) is 41.6 Å². The maximum Gasteiger partial charge on any atom is 0.220 e. The SMILES string of the molecule is NC(=NO)c1cccc(Oc2cc(F)ccc2F)n1. The summed E-state index contributed by atoms with van der Waals surface area (Å²) >= 11 is 0. The third-order valence-electron chi connectivity index (χ3n) is 2.20. The molecule has 5 nitrogen and oxygen atoms in total. The zero-order valence-electron chi connectivity index (χ0n) is 9.55. The summed E-state index contributed by atoms with van der Waals surface area (Å²) in [4.78, 5) is 3.88. The van der Waals surface area contributed by atoms with Gasteiger partial charge in [-0.05, 0) is 18.2 Å². The third-order valence-corrected chi connectivity index (χ3v) is 2.20. The van der Waals surface area contributed by atoms with Gasteiger partial charge in [-0.3, -0.25) is 0 Å². The van der Waals surface area contributed by atoms with E-state index < -0.39 is 11.6 Å². The minimum atomic E-state index is -0.725. The summed E-state index contributed by atoms with van der Waals surface area (Å²) in [6.07, 6.45) is 0. The molecule has 1 heterocycles. The van der Waals surface area contributed by atoms with Gasteiger partial charge < -0.3 is 15.7 Å². The van der Waals surface area contributed by atoms with Crippen LogP contribution in [0, 0.1) is 11.6 Å². The molecule has 0 spiro atoms. The number of amidine groups is 1. The second-order valence-corrected chi connectivity index (χ2v) is 3.52. The van der Waals surface area contributed by atoms with Crippen LogP contribution < -0.4 is 10.5 Å². The molecule has 0 atom stereocenters. The van der Waals surface area contributed by atoms with Crippen molar-refractivity contribution in [2.24, 2.45) is 10.9 Å². The molecule has 0 aliphatic carbocycles. The van der Waals surface area contributed by atoms with Crippen molar-refractivity contribution in [1.82, 2.24) is 4.98 Å². The monoisotopic (exact) mass is 265 g/mol. The van der Waals surface area contributed by atoms with Crippen molar-refractivity contribution in [3.63, 3.8) is 0 Å². The van der Waals surface area contributed by atoms with Crippen molar-refractivity contribution in [3.8, 4) is 11.6 Å². The molecular formula is C12H9F2N3O2. The highest BCUT2D eigenvalue weighted by Gasteiger charge is 2.09. The fourth-order valence-corrected chi connectivity index (χ4v) is 1.33. The van der Waals surface area contributed by atoms with Crippen LogP contribution in [0.1, 0.15) is 5.69 Å². The summed E-state index contributed by atoms with van der Waals surface area (Å²) in [6.45, 7) is 0. The topological polar surface area (TPSA) is 80.7 Å². The van der Waals surface area contributed by atoms with Gasteiger partial charge >= 0.3 is 0 Å². The molecule has 0 aliphatic heterocycles. The first-order valence-electron chi connectivity index (χ1n) is 5.18. The van der Waals surface area contributed by atoms with Crippen LogP contribution >= 0.6 is 0 Å². The lowest BCUT2D eigenvalue weighted by atomic mass is 10.3. The highest BCUT2D eigenvalue weighted by atomic mass is 19.1. The highest BCUT2D eigenvalue weighted by Crippen LogP contribution is 2.23. The molecule has 0 amide bonds. The molecule has 0 unspecified atom stereocenters. The number of aromatic nitrogens is 1. The Balaban J connectivity index is 2.31. The normalized spacial score (nSPS) is 11.4. The molecule has 7 heteroatoms. The van der Waals surface area contributed by atoms with E-state index >= 15 is 0 Å². The summed E-state index contributed by atoms with van der Waals surface area (Å²) in [5.74, 6) is -1.88. The van der Waals surface area contributed by atoms with Crippen LogP contribution in [0.3, 0.4) is 0 Å². The predicted octanol–water partition coefficient (Wildman–Crippen LogP) is 2.25. The first-order valence-corrected chi connectivity index (χ1v) is 5.18. The van der Waals surface area contributed by atoms with Crippen molar-refractivity contribution >= 4 is 5.84 Å². The smallest absolute Gasteiger partial charge is 0.220 e. The number of halogens is 2. The largest absolute Gasteiger partial charge is 0.436 e. The molecule has 0 fully saturated rings. The molecule has 98 valence electrons. The van der Waals surface area contributed by atoms with Crippen LogP contribution in [0.25, 0.3) is 0 Å². The molecule has 1 aromatic carbocycles. The van der Waals surface area contributed by atoms with Crippen molar-refractivity contribution < 1.29 is 18.7 Å². The van der Waals surface area contributed by atoms with Gasteiger partial charge in [-0.1, -0.05) is 11.2 Å². The lowest BCUT2D eigenvalue weighted by Crippen LogP contribution is -2.14. The molecule has 0 saturated carbocycles. The standard InChI is InChI=1S/C12H9F2N3O2/c13-7-4-5-8(14)10(6-7)19-11-3-1-2-9(16-11)12(15)17-18/h1-6,18H,(H2,15,17). The van der Waals surface area contributed by atoms with E-state index in [2.05, 4.69) is 10.1 Å². The van der Waals surface area contributed by atoms with E-state index in [1.54, 1.807) is 0 Å². The Hall–Kier alpha value is -2.70. The number of rotatable bonds is 3.